The van der Waals surface area contributed by atoms with Gasteiger partial charge >= 0.3 is 0 Å². The van der Waals surface area contributed by atoms with E-state index in [1.54, 1.807) is 22.9 Å². The van der Waals surface area contributed by atoms with Crippen molar-refractivity contribution in [1.82, 2.24) is 19.9 Å². The highest BCUT2D eigenvalue weighted by Crippen LogP contribution is 2.30. The fraction of sp³-hybridized carbons (Fsp3) is 0.381. The highest BCUT2D eigenvalue weighted by Gasteiger charge is 2.17. The number of rotatable bonds is 5. The third kappa shape index (κ3) is 4.18. The Bertz CT molecular complexity index is 1030. The number of imidazole rings is 1. The van der Waals surface area contributed by atoms with Gasteiger partial charge in [0.1, 0.15) is 10.8 Å². The lowest BCUT2D eigenvalue weighted by Gasteiger charge is -2.22. The van der Waals surface area contributed by atoms with Crippen LogP contribution in [0, 0.1) is 6.92 Å². The summed E-state index contributed by atoms with van der Waals surface area (Å²) in [5.41, 5.74) is 2.68. The Hall–Kier alpha value is -2.71. The predicted octanol–water partition coefficient (Wildman–Crippen LogP) is 3.12. The average molecular weight is 412 g/mol. The van der Waals surface area contributed by atoms with Crippen LogP contribution in [0.4, 0.5) is 5.69 Å². The number of hydrogen-bond acceptors (Lipinski definition) is 7. The number of aryl methyl sites for hydroxylation is 1. The lowest BCUT2D eigenvalue weighted by molar-refractivity contribution is -0.113. The lowest BCUT2D eigenvalue weighted by atomic mass is 10.0. The van der Waals surface area contributed by atoms with Crippen LogP contribution in [-0.4, -0.2) is 51.7 Å². The first-order valence-electron chi connectivity index (χ1n) is 9.92. The van der Waals surface area contributed by atoms with Crippen molar-refractivity contribution >= 4 is 39.4 Å². The van der Waals surface area contributed by atoms with E-state index >= 15 is 0 Å². The van der Waals surface area contributed by atoms with Gasteiger partial charge in [0, 0.05) is 48.9 Å². The van der Waals surface area contributed by atoms with Crippen LogP contribution >= 0.6 is 11.3 Å². The van der Waals surface area contributed by atoms with E-state index in [4.69, 9.17) is 0 Å². The largest absolute Gasteiger partial charge is 0.507 e. The van der Waals surface area contributed by atoms with E-state index in [1.807, 2.05) is 26.0 Å². The van der Waals surface area contributed by atoms with Crippen LogP contribution in [0.5, 0.6) is 5.75 Å². The number of hydrogen-bond donors (Lipinski definition) is 2. The summed E-state index contributed by atoms with van der Waals surface area (Å²) in [7, 11) is 0. The van der Waals surface area contributed by atoms with Gasteiger partial charge in [-0.05, 0) is 38.1 Å². The zero-order valence-electron chi connectivity index (χ0n) is 16.7. The molecule has 0 amide bonds. The first kappa shape index (κ1) is 19.6. The minimum atomic E-state index is -0.0189. The monoisotopic (exact) mass is 411 g/mol. The molecule has 0 unspecified atom stereocenters. The van der Waals surface area contributed by atoms with Gasteiger partial charge in [-0.3, -0.25) is 4.79 Å². The second-order valence-corrected chi connectivity index (χ2v) is 8.30. The molecule has 3 heterocycles. The van der Waals surface area contributed by atoms with Gasteiger partial charge in [-0.2, -0.15) is 5.10 Å². The Balaban J connectivity index is 1.68. The molecule has 0 radical (unpaired) electrons. The summed E-state index contributed by atoms with van der Waals surface area (Å²) in [5, 5.41) is 19.3. The maximum Gasteiger partial charge on any atom is 0.212 e. The van der Waals surface area contributed by atoms with Crippen molar-refractivity contribution in [3.05, 3.63) is 40.7 Å². The number of carbonyl (C=O) groups excluding carboxylic acids is 1. The number of aromatic hydroxyl groups is 1. The van der Waals surface area contributed by atoms with E-state index in [9.17, 15) is 9.90 Å². The zero-order valence-corrected chi connectivity index (χ0v) is 17.5. The molecule has 2 aromatic heterocycles. The van der Waals surface area contributed by atoms with E-state index < -0.39 is 0 Å². The number of phenolic OH excluding ortho intramolecular Hbond substituents is 1. The lowest BCUT2D eigenvalue weighted by Crippen LogP contribution is -2.27. The van der Waals surface area contributed by atoms with Crippen molar-refractivity contribution in [2.45, 2.75) is 26.7 Å². The first-order valence-corrected chi connectivity index (χ1v) is 10.7. The van der Waals surface area contributed by atoms with E-state index in [0.29, 0.717) is 23.3 Å². The number of fused-ring (bicyclic) bond motifs is 1. The quantitative estimate of drug-likeness (QED) is 0.628. The normalized spacial score (nSPS) is 15.7. The number of nitrogens with zero attached hydrogens (tertiary/aromatic N) is 4. The molecule has 1 aliphatic rings. The van der Waals surface area contributed by atoms with Crippen LogP contribution in [-0.2, 0) is 4.79 Å². The molecule has 1 saturated heterocycles. The minimum Gasteiger partial charge on any atom is -0.507 e. The molecule has 2 N–H and O–H groups in total. The van der Waals surface area contributed by atoms with Crippen molar-refractivity contribution in [2.75, 3.05) is 31.1 Å². The van der Waals surface area contributed by atoms with Gasteiger partial charge in [0.25, 0.3) is 0 Å². The van der Waals surface area contributed by atoms with Gasteiger partial charge in [0.05, 0.1) is 11.9 Å². The molecule has 152 valence electrons. The van der Waals surface area contributed by atoms with Gasteiger partial charge in [0.15, 0.2) is 5.78 Å². The second kappa shape index (κ2) is 8.34. The topological polar surface area (TPSA) is 82.8 Å². The summed E-state index contributed by atoms with van der Waals surface area (Å²) in [6.45, 7) is 7.57. The molecule has 0 atom stereocenters. The van der Waals surface area contributed by atoms with Crippen LogP contribution < -0.4 is 10.2 Å². The summed E-state index contributed by atoms with van der Waals surface area (Å²) in [6, 6.07) is 5.65. The Morgan fingerprint density at radius 2 is 2.21 bits per heavy atom. The fourth-order valence-electron chi connectivity index (χ4n) is 3.53. The van der Waals surface area contributed by atoms with Gasteiger partial charge in [0.2, 0.25) is 4.96 Å². The molecule has 29 heavy (non-hydrogen) atoms. The van der Waals surface area contributed by atoms with Crippen molar-refractivity contribution in [3.63, 3.8) is 0 Å². The third-order valence-corrected chi connectivity index (χ3v) is 5.90. The number of phenols is 1. The van der Waals surface area contributed by atoms with Gasteiger partial charge in [-0.25, -0.2) is 9.50 Å². The van der Waals surface area contributed by atoms with Crippen molar-refractivity contribution < 1.29 is 9.90 Å². The number of nitrogens with one attached hydrogen (secondary N) is 1. The Labute approximate surface area is 173 Å². The SMILES string of the molecule is CCC(=O)C(=Cc1ccc(N2CCCNCC2)cc1O)c1cn2nc(C)sc2n1. The molecule has 8 heteroatoms. The standard InChI is InChI=1S/C21H25N5O2S/c1-3-19(27)17(18-13-26-21(23-18)29-14(2)24-26)11-15-5-6-16(12-20(15)28)25-9-4-7-22-8-10-25/h5-6,11-13,22,28H,3-4,7-10H2,1-2H3. The smallest absolute Gasteiger partial charge is 0.212 e. The van der Waals surface area contributed by atoms with Crippen LogP contribution in [0.15, 0.2) is 24.4 Å². The average Bonchev–Trinajstić information content (AvgIpc) is 3.10. The Morgan fingerprint density at radius 1 is 1.34 bits per heavy atom. The highest BCUT2D eigenvalue weighted by molar-refractivity contribution is 7.16. The number of Topliss-reactive ketones (excluding diaryl/α,β-unsaturated/α-hetero) is 1. The summed E-state index contributed by atoms with van der Waals surface area (Å²) in [5.74, 6) is 0.144. The van der Waals surface area contributed by atoms with Crippen molar-refractivity contribution in [1.29, 1.82) is 0 Å². The molecule has 0 aliphatic carbocycles. The molecule has 4 rings (SSSR count). The predicted molar refractivity (Wildman–Crippen MR) is 117 cm³/mol. The first-order chi connectivity index (χ1) is 14.0. The maximum atomic E-state index is 12.6. The molecule has 1 aromatic carbocycles. The summed E-state index contributed by atoms with van der Waals surface area (Å²) < 4.78 is 1.70. The zero-order chi connectivity index (χ0) is 20.4. The molecule has 1 fully saturated rings. The van der Waals surface area contributed by atoms with E-state index in [-0.39, 0.29) is 11.5 Å². The van der Waals surface area contributed by atoms with Crippen molar-refractivity contribution in [2.24, 2.45) is 0 Å². The fourth-order valence-corrected chi connectivity index (χ4v) is 4.25. The van der Waals surface area contributed by atoms with Crippen LogP contribution in [0.1, 0.15) is 36.0 Å². The number of benzene rings is 1. The van der Waals surface area contributed by atoms with Gasteiger partial charge in [-0.15, -0.1) is 0 Å². The second-order valence-electron chi connectivity index (χ2n) is 7.14. The summed E-state index contributed by atoms with van der Waals surface area (Å²) >= 11 is 1.48. The molecular weight excluding hydrogens is 386 g/mol. The molecule has 0 saturated carbocycles. The summed E-state index contributed by atoms with van der Waals surface area (Å²) in [4.78, 5) is 20.2. The highest BCUT2D eigenvalue weighted by atomic mass is 32.1. The third-order valence-electron chi connectivity index (χ3n) is 5.06. The van der Waals surface area contributed by atoms with Crippen LogP contribution in [0.3, 0.4) is 0 Å². The molecular formula is C21H25N5O2S. The number of aromatic nitrogens is 3. The molecule has 3 aromatic rings. The van der Waals surface area contributed by atoms with Crippen LogP contribution in [0.2, 0.25) is 0 Å². The minimum absolute atomic E-state index is 0.0189. The van der Waals surface area contributed by atoms with Gasteiger partial charge < -0.3 is 15.3 Å². The summed E-state index contributed by atoms with van der Waals surface area (Å²) in [6.07, 6.45) is 4.94. The Morgan fingerprint density at radius 3 is 2.97 bits per heavy atom. The van der Waals surface area contributed by atoms with Crippen LogP contribution in [0.25, 0.3) is 16.6 Å². The van der Waals surface area contributed by atoms with Gasteiger partial charge in [-0.1, -0.05) is 18.3 Å². The molecule has 0 bridgehead atoms. The van der Waals surface area contributed by atoms with Crippen molar-refractivity contribution in [3.8, 4) is 5.75 Å². The Kier molecular flexibility index (Phi) is 5.64. The molecule has 1 aliphatic heterocycles. The number of carbonyl (C=O) groups is 1. The maximum absolute atomic E-state index is 12.6. The number of anilines is 1. The van der Waals surface area contributed by atoms with E-state index in [2.05, 4.69) is 20.3 Å². The number of ketones is 1. The molecule has 0 spiro atoms. The number of allylic oxidation sites excluding steroid dienone is 1. The van der Waals surface area contributed by atoms with E-state index in [1.165, 1.54) is 11.3 Å². The molecule has 7 nitrogen and oxygen atoms in total. The van der Waals surface area contributed by atoms with E-state index in [0.717, 1.165) is 48.3 Å².